The third-order valence-electron chi connectivity index (χ3n) is 5.47. The third-order valence-corrected chi connectivity index (χ3v) is 5.99. The van der Waals surface area contributed by atoms with Crippen LogP contribution in [0.15, 0.2) is 54.6 Å². The molecule has 134 valence electrons. The van der Waals surface area contributed by atoms with E-state index < -0.39 is 0 Å². The molecular formula is C23H30ClN. The summed E-state index contributed by atoms with van der Waals surface area (Å²) >= 11 is 6.30. The first-order valence-corrected chi connectivity index (χ1v) is 10.1. The van der Waals surface area contributed by atoms with Crippen molar-refractivity contribution < 1.29 is 0 Å². The molecule has 0 aliphatic heterocycles. The van der Waals surface area contributed by atoms with Gasteiger partial charge >= 0.3 is 0 Å². The summed E-state index contributed by atoms with van der Waals surface area (Å²) < 4.78 is 0. The first-order valence-electron chi connectivity index (χ1n) is 9.64. The number of hydrogen-bond acceptors (Lipinski definition) is 1. The highest BCUT2D eigenvalue weighted by atomic mass is 35.5. The molecule has 0 amide bonds. The number of halogens is 1. The predicted octanol–water partition coefficient (Wildman–Crippen LogP) is 6.01. The highest BCUT2D eigenvalue weighted by Gasteiger charge is 2.29. The van der Waals surface area contributed by atoms with Gasteiger partial charge in [-0.1, -0.05) is 54.6 Å². The van der Waals surface area contributed by atoms with Gasteiger partial charge in [0.15, 0.2) is 0 Å². The lowest BCUT2D eigenvalue weighted by molar-refractivity contribution is 0.210. The summed E-state index contributed by atoms with van der Waals surface area (Å²) in [4.78, 5) is 2.57. The SMILES string of the molecule is CC(C)N(CCCc1ccc(C2CCC2Cl)cc1)Cc1ccccc1. The molecule has 0 saturated heterocycles. The zero-order valence-electron chi connectivity index (χ0n) is 15.5. The van der Waals surface area contributed by atoms with E-state index in [0.717, 1.165) is 19.5 Å². The van der Waals surface area contributed by atoms with Crippen molar-refractivity contribution in [3.63, 3.8) is 0 Å². The fraction of sp³-hybridized carbons (Fsp3) is 0.478. The van der Waals surface area contributed by atoms with E-state index in [1.54, 1.807) is 0 Å². The van der Waals surface area contributed by atoms with Crippen LogP contribution in [0.3, 0.4) is 0 Å². The second-order valence-corrected chi connectivity index (χ2v) is 8.16. The summed E-state index contributed by atoms with van der Waals surface area (Å²) in [6.45, 7) is 6.76. The molecule has 2 heteroatoms. The third kappa shape index (κ3) is 5.09. The molecule has 2 unspecified atom stereocenters. The number of aryl methyl sites for hydroxylation is 1. The topological polar surface area (TPSA) is 3.24 Å². The van der Waals surface area contributed by atoms with Gasteiger partial charge in [-0.3, -0.25) is 4.90 Å². The maximum atomic E-state index is 6.30. The molecule has 2 aromatic rings. The Morgan fingerprint density at radius 3 is 2.24 bits per heavy atom. The second-order valence-electron chi connectivity index (χ2n) is 7.59. The van der Waals surface area contributed by atoms with E-state index in [0.29, 0.717) is 17.3 Å². The van der Waals surface area contributed by atoms with Crippen LogP contribution in [0.4, 0.5) is 0 Å². The smallest absolute Gasteiger partial charge is 0.0404 e. The molecule has 0 radical (unpaired) electrons. The van der Waals surface area contributed by atoms with Crippen LogP contribution in [-0.4, -0.2) is 22.9 Å². The summed E-state index contributed by atoms with van der Waals surface area (Å²) in [5, 5.41) is 0.350. The second kappa shape index (κ2) is 8.87. The summed E-state index contributed by atoms with van der Waals surface area (Å²) in [6, 6.07) is 20.5. The molecule has 1 aliphatic carbocycles. The van der Waals surface area contributed by atoms with Gasteiger partial charge in [0.1, 0.15) is 0 Å². The highest BCUT2D eigenvalue weighted by Crippen LogP contribution is 2.40. The Bertz CT molecular complexity index is 635. The van der Waals surface area contributed by atoms with Crippen LogP contribution >= 0.6 is 11.6 Å². The van der Waals surface area contributed by atoms with E-state index in [4.69, 9.17) is 11.6 Å². The Morgan fingerprint density at radius 1 is 0.960 bits per heavy atom. The van der Waals surface area contributed by atoms with Gasteiger partial charge in [0.2, 0.25) is 0 Å². The van der Waals surface area contributed by atoms with Crippen LogP contribution in [0, 0.1) is 0 Å². The molecule has 0 heterocycles. The van der Waals surface area contributed by atoms with Gasteiger partial charge in [0.05, 0.1) is 0 Å². The Labute approximate surface area is 158 Å². The quantitative estimate of drug-likeness (QED) is 0.524. The summed E-state index contributed by atoms with van der Waals surface area (Å²) in [7, 11) is 0. The van der Waals surface area contributed by atoms with Gasteiger partial charge in [-0.05, 0) is 62.8 Å². The van der Waals surface area contributed by atoms with E-state index in [2.05, 4.69) is 73.3 Å². The van der Waals surface area contributed by atoms with Crippen LogP contribution in [0.5, 0.6) is 0 Å². The molecule has 1 nitrogen and oxygen atoms in total. The largest absolute Gasteiger partial charge is 0.297 e. The number of hydrogen-bond donors (Lipinski definition) is 0. The lowest BCUT2D eigenvalue weighted by atomic mass is 9.79. The van der Waals surface area contributed by atoms with Crippen molar-refractivity contribution in [2.45, 2.75) is 63.4 Å². The van der Waals surface area contributed by atoms with E-state index in [1.165, 1.54) is 36.0 Å². The zero-order chi connectivity index (χ0) is 17.6. The highest BCUT2D eigenvalue weighted by molar-refractivity contribution is 6.21. The van der Waals surface area contributed by atoms with Crippen molar-refractivity contribution in [1.29, 1.82) is 0 Å². The van der Waals surface area contributed by atoms with Gasteiger partial charge < -0.3 is 0 Å². The first-order chi connectivity index (χ1) is 12.1. The molecular weight excluding hydrogens is 326 g/mol. The molecule has 25 heavy (non-hydrogen) atoms. The van der Waals surface area contributed by atoms with Crippen molar-refractivity contribution >= 4 is 11.6 Å². The van der Waals surface area contributed by atoms with Crippen LogP contribution in [0.2, 0.25) is 0 Å². The Kier molecular flexibility index (Phi) is 6.56. The molecule has 0 bridgehead atoms. The number of benzene rings is 2. The van der Waals surface area contributed by atoms with Gasteiger partial charge in [-0.2, -0.15) is 0 Å². The Balaban J connectivity index is 1.48. The number of nitrogens with zero attached hydrogens (tertiary/aromatic N) is 1. The molecule has 3 rings (SSSR count). The van der Waals surface area contributed by atoms with E-state index >= 15 is 0 Å². The van der Waals surface area contributed by atoms with Gasteiger partial charge in [-0.15, -0.1) is 11.6 Å². The molecule has 0 N–H and O–H groups in total. The minimum Gasteiger partial charge on any atom is -0.297 e. The molecule has 2 aromatic carbocycles. The van der Waals surface area contributed by atoms with Gasteiger partial charge in [-0.25, -0.2) is 0 Å². The summed E-state index contributed by atoms with van der Waals surface area (Å²) in [6.07, 6.45) is 4.76. The maximum absolute atomic E-state index is 6.30. The summed E-state index contributed by atoms with van der Waals surface area (Å²) in [5.41, 5.74) is 4.26. The van der Waals surface area contributed by atoms with Crippen LogP contribution in [-0.2, 0) is 13.0 Å². The van der Waals surface area contributed by atoms with Crippen LogP contribution < -0.4 is 0 Å². The van der Waals surface area contributed by atoms with Crippen molar-refractivity contribution in [3.8, 4) is 0 Å². The first kappa shape index (κ1) is 18.5. The molecule has 2 atom stereocenters. The monoisotopic (exact) mass is 355 g/mol. The van der Waals surface area contributed by atoms with E-state index in [9.17, 15) is 0 Å². The molecule has 1 saturated carbocycles. The van der Waals surface area contributed by atoms with Crippen molar-refractivity contribution in [2.24, 2.45) is 0 Å². The fourth-order valence-electron chi connectivity index (χ4n) is 3.59. The van der Waals surface area contributed by atoms with Crippen LogP contribution in [0.1, 0.15) is 55.7 Å². The minimum absolute atomic E-state index is 0.350. The minimum atomic E-state index is 0.350. The van der Waals surface area contributed by atoms with Gasteiger partial charge in [0, 0.05) is 23.9 Å². The normalized spacial score (nSPS) is 20.0. The predicted molar refractivity (Wildman–Crippen MR) is 108 cm³/mol. The van der Waals surface area contributed by atoms with Crippen molar-refractivity contribution in [1.82, 2.24) is 4.90 Å². The molecule has 1 aliphatic rings. The average Bonchev–Trinajstić information content (AvgIpc) is 2.61. The summed E-state index contributed by atoms with van der Waals surface area (Å²) in [5.74, 6) is 0.582. The standard InChI is InChI=1S/C23H30ClN/c1-18(2)25(17-20-7-4-3-5-8-20)16-6-9-19-10-12-21(13-11-19)22-14-15-23(22)24/h3-5,7-8,10-13,18,22-23H,6,9,14-17H2,1-2H3. The lowest BCUT2D eigenvalue weighted by Gasteiger charge is -2.32. The maximum Gasteiger partial charge on any atom is 0.0404 e. The fourth-order valence-corrected chi connectivity index (χ4v) is 3.99. The average molecular weight is 356 g/mol. The molecule has 1 fully saturated rings. The van der Waals surface area contributed by atoms with Crippen molar-refractivity contribution in [2.75, 3.05) is 6.54 Å². The van der Waals surface area contributed by atoms with Crippen LogP contribution in [0.25, 0.3) is 0 Å². The van der Waals surface area contributed by atoms with E-state index in [-0.39, 0.29) is 0 Å². The number of alkyl halides is 1. The number of rotatable bonds is 8. The van der Waals surface area contributed by atoms with Crippen molar-refractivity contribution in [3.05, 3.63) is 71.3 Å². The van der Waals surface area contributed by atoms with Gasteiger partial charge in [0.25, 0.3) is 0 Å². The Hall–Kier alpha value is -1.31. The lowest BCUT2D eigenvalue weighted by Crippen LogP contribution is -2.31. The molecule has 0 aromatic heterocycles. The Morgan fingerprint density at radius 2 is 1.68 bits per heavy atom. The zero-order valence-corrected chi connectivity index (χ0v) is 16.3. The van der Waals surface area contributed by atoms with E-state index in [1.807, 2.05) is 0 Å². The molecule has 0 spiro atoms.